The first-order valence-electron chi connectivity index (χ1n) is 8.65. The van der Waals surface area contributed by atoms with Crippen LogP contribution in [0.25, 0.3) is 6.08 Å². The zero-order valence-corrected chi connectivity index (χ0v) is 15.1. The largest absolute Gasteiger partial charge is 0.336 e. The van der Waals surface area contributed by atoms with E-state index in [4.69, 9.17) is 11.6 Å². The second-order valence-electron chi connectivity index (χ2n) is 6.82. The maximum Gasteiger partial charge on any atom is 0.186 e. The van der Waals surface area contributed by atoms with Gasteiger partial charge in [0.2, 0.25) is 0 Å². The van der Waals surface area contributed by atoms with E-state index in [0.29, 0.717) is 12.2 Å². The highest BCUT2D eigenvalue weighted by Gasteiger charge is 2.39. The minimum atomic E-state index is -0.357. The smallest absolute Gasteiger partial charge is 0.186 e. The van der Waals surface area contributed by atoms with E-state index in [1.807, 2.05) is 16.8 Å². The Bertz CT molecular complexity index is 913. The Kier molecular flexibility index (Phi) is 3.46. The van der Waals surface area contributed by atoms with Crippen molar-refractivity contribution in [3.63, 3.8) is 0 Å². The molecular formula is C18H18ClFN6. The van der Waals surface area contributed by atoms with Crippen LogP contribution in [-0.4, -0.2) is 37.4 Å². The number of hydrogen-bond acceptors (Lipinski definition) is 5. The summed E-state index contributed by atoms with van der Waals surface area (Å²) in [6, 6.07) is 3.55. The number of halogens is 2. The van der Waals surface area contributed by atoms with Crippen molar-refractivity contribution in [3.8, 4) is 0 Å². The van der Waals surface area contributed by atoms with Gasteiger partial charge in [-0.05, 0) is 43.5 Å². The molecule has 26 heavy (non-hydrogen) atoms. The lowest BCUT2D eigenvalue weighted by Crippen LogP contribution is -2.51. The summed E-state index contributed by atoms with van der Waals surface area (Å²) in [5.74, 6) is 0.491. The average molecular weight is 373 g/mol. The van der Waals surface area contributed by atoms with Crippen molar-refractivity contribution in [3.05, 3.63) is 58.8 Å². The van der Waals surface area contributed by atoms with Crippen LogP contribution >= 0.6 is 11.6 Å². The summed E-state index contributed by atoms with van der Waals surface area (Å²) < 4.78 is 15.9. The van der Waals surface area contributed by atoms with Crippen LogP contribution in [0.1, 0.15) is 24.2 Å². The zero-order chi connectivity index (χ0) is 17.8. The predicted molar refractivity (Wildman–Crippen MR) is 97.3 cm³/mol. The van der Waals surface area contributed by atoms with Crippen LogP contribution in [0.2, 0.25) is 5.02 Å². The molecule has 0 spiro atoms. The van der Waals surface area contributed by atoms with Gasteiger partial charge in [-0.25, -0.2) is 14.1 Å². The van der Waals surface area contributed by atoms with E-state index >= 15 is 0 Å². The summed E-state index contributed by atoms with van der Waals surface area (Å²) in [6.07, 6.45) is 9.91. The first-order chi connectivity index (χ1) is 12.6. The molecule has 0 amide bonds. The van der Waals surface area contributed by atoms with E-state index in [0.717, 1.165) is 30.9 Å². The molecule has 3 aliphatic heterocycles. The lowest BCUT2D eigenvalue weighted by molar-refractivity contribution is 0.105. The maximum absolute atomic E-state index is 14.0. The number of fused-ring (bicyclic) bond motifs is 2. The van der Waals surface area contributed by atoms with Gasteiger partial charge in [0.05, 0.1) is 5.02 Å². The van der Waals surface area contributed by atoms with Gasteiger partial charge in [0.25, 0.3) is 0 Å². The molecule has 0 aliphatic carbocycles. The van der Waals surface area contributed by atoms with Crippen LogP contribution in [0, 0.1) is 12.7 Å². The van der Waals surface area contributed by atoms with Crippen molar-refractivity contribution in [2.45, 2.75) is 32.7 Å². The second-order valence-corrected chi connectivity index (χ2v) is 7.23. The molecule has 0 saturated carbocycles. The summed E-state index contributed by atoms with van der Waals surface area (Å²) in [7, 11) is 0. The van der Waals surface area contributed by atoms with Gasteiger partial charge in [0, 0.05) is 30.3 Å². The minimum Gasteiger partial charge on any atom is -0.336 e. The fourth-order valence-electron chi connectivity index (χ4n) is 3.93. The van der Waals surface area contributed by atoms with E-state index in [-0.39, 0.29) is 17.1 Å². The molecule has 1 aromatic carbocycles. The van der Waals surface area contributed by atoms with Crippen LogP contribution in [0.15, 0.2) is 36.6 Å². The second kappa shape index (κ2) is 5.74. The molecule has 0 bridgehead atoms. The van der Waals surface area contributed by atoms with Gasteiger partial charge in [0.1, 0.15) is 18.8 Å². The minimum absolute atomic E-state index is 0.0259. The number of benzene rings is 1. The Morgan fingerprint density at radius 3 is 3.04 bits per heavy atom. The first kappa shape index (κ1) is 15.7. The summed E-state index contributed by atoms with van der Waals surface area (Å²) >= 11 is 6.12. The number of hydrogen-bond donors (Lipinski definition) is 0. The summed E-state index contributed by atoms with van der Waals surface area (Å²) in [4.78, 5) is 11.0. The first-order valence-corrected chi connectivity index (χ1v) is 9.03. The summed E-state index contributed by atoms with van der Waals surface area (Å²) in [5, 5.41) is 4.44. The van der Waals surface area contributed by atoms with Gasteiger partial charge in [-0.1, -0.05) is 11.6 Å². The fraction of sp³-hybridized carbons (Fsp3) is 0.333. The van der Waals surface area contributed by atoms with Crippen LogP contribution < -0.4 is 4.90 Å². The Balaban J connectivity index is 1.54. The number of anilines is 1. The monoisotopic (exact) mass is 372 g/mol. The fourth-order valence-corrected chi connectivity index (χ4v) is 4.19. The highest BCUT2D eigenvalue weighted by atomic mass is 35.5. The molecule has 0 N–H and O–H groups in total. The van der Waals surface area contributed by atoms with Gasteiger partial charge in [-0.3, -0.25) is 0 Å². The topological polar surface area (TPSA) is 40.4 Å². The number of aryl methyl sites for hydroxylation is 1. The molecule has 3 aliphatic rings. The SMILES string of the molecule is Cc1cc(N2C=C3CCCN3C2N2C=Cc3ncnn3C2)cc(Cl)c1F. The van der Waals surface area contributed by atoms with Crippen LogP contribution in [0.4, 0.5) is 10.1 Å². The standard InChI is InChI=1S/C18H18ClFN6/c1-12-7-14(8-15(19)17(12)20)25-9-13-3-2-5-24(13)18(25)23-6-4-16-21-10-22-26(16)11-23/h4,6-10,18H,2-3,5,11H2,1H3. The summed E-state index contributed by atoms with van der Waals surface area (Å²) in [6.45, 7) is 3.35. The molecule has 1 saturated heterocycles. The van der Waals surface area contributed by atoms with E-state index in [1.165, 1.54) is 5.70 Å². The normalized spacial score (nSPS) is 21.3. The molecular weight excluding hydrogens is 355 g/mol. The number of rotatable bonds is 2. The number of aromatic nitrogens is 3. The van der Waals surface area contributed by atoms with Gasteiger partial charge < -0.3 is 14.7 Å². The van der Waals surface area contributed by atoms with Gasteiger partial charge in [-0.15, -0.1) is 0 Å². The van der Waals surface area contributed by atoms with Crippen LogP contribution in [0.3, 0.4) is 0 Å². The van der Waals surface area contributed by atoms with Crippen molar-refractivity contribution in [1.29, 1.82) is 0 Å². The molecule has 1 unspecified atom stereocenters. The molecule has 0 radical (unpaired) electrons. The molecule has 1 atom stereocenters. The number of nitrogens with zero attached hydrogens (tertiary/aromatic N) is 6. The van der Waals surface area contributed by atoms with Crippen molar-refractivity contribution in [1.82, 2.24) is 24.6 Å². The van der Waals surface area contributed by atoms with Gasteiger partial charge in [-0.2, -0.15) is 5.10 Å². The van der Waals surface area contributed by atoms with E-state index < -0.39 is 0 Å². The molecule has 4 heterocycles. The molecule has 1 aromatic heterocycles. The molecule has 134 valence electrons. The molecule has 6 nitrogen and oxygen atoms in total. The Morgan fingerprint density at radius 2 is 2.19 bits per heavy atom. The van der Waals surface area contributed by atoms with Crippen LogP contribution in [-0.2, 0) is 6.67 Å². The predicted octanol–water partition coefficient (Wildman–Crippen LogP) is 3.36. The van der Waals surface area contributed by atoms with Gasteiger partial charge in [0.15, 0.2) is 12.1 Å². The van der Waals surface area contributed by atoms with Crippen molar-refractivity contribution in [2.75, 3.05) is 11.4 Å². The third-order valence-electron chi connectivity index (χ3n) is 5.16. The Morgan fingerprint density at radius 1 is 1.31 bits per heavy atom. The highest BCUT2D eigenvalue weighted by molar-refractivity contribution is 6.31. The van der Waals surface area contributed by atoms with Crippen molar-refractivity contribution in [2.24, 2.45) is 0 Å². The highest BCUT2D eigenvalue weighted by Crippen LogP contribution is 2.38. The maximum atomic E-state index is 14.0. The zero-order valence-electron chi connectivity index (χ0n) is 14.3. The third kappa shape index (κ3) is 2.30. The third-order valence-corrected chi connectivity index (χ3v) is 5.44. The molecule has 1 fully saturated rings. The average Bonchev–Trinajstić information content (AvgIpc) is 3.33. The lowest BCUT2D eigenvalue weighted by atomic mass is 10.2. The molecule has 2 aromatic rings. The van der Waals surface area contributed by atoms with Gasteiger partial charge >= 0.3 is 0 Å². The lowest BCUT2D eigenvalue weighted by Gasteiger charge is -2.41. The van der Waals surface area contributed by atoms with Crippen molar-refractivity contribution < 1.29 is 4.39 Å². The Hall–Kier alpha value is -2.54. The number of allylic oxidation sites excluding steroid dienone is 1. The quantitative estimate of drug-likeness (QED) is 0.808. The van der Waals surface area contributed by atoms with Crippen molar-refractivity contribution >= 4 is 23.4 Å². The van der Waals surface area contributed by atoms with Crippen LogP contribution in [0.5, 0.6) is 0 Å². The molecule has 5 rings (SSSR count). The van der Waals surface area contributed by atoms with E-state index in [9.17, 15) is 4.39 Å². The Labute approximate surface area is 155 Å². The summed E-state index contributed by atoms with van der Waals surface area (Å²) in [5.41, 5.74) is 2.73. The van der Waals surface area contributed by atoms with E-state index in [1.54, 1.807) is 19.3 Å². The van der Waals surface area contributed by atoms with E-state index in [2.05, 4.69) is 37.2 Å². The molecule has 8 heteroatoms.